The van der Waals surface area contributed by atoms with Crippen molar-refractivity contribution in [2.24, 2.45) is 0 Å². The Hall–Kier alpha value is -0.720. The molecule has 0 radical (unpaired) electrons. The highest BCUT2D eigenvalue weighted by Gasteiger charge is 2.42. The highest BCUT2D eigenvalue weighted by Crippen LogP contribution is 2.46. The fraction of sp³-hybridized carbons (Fsp3) is 0.600. The van der Waals surface area contributed by atoms with Crippen molar-refractivity contribution in [2.75, 3.05) is 24.7 Å². The largest absolute Gasteiger partial charge is 0.385 e. The molecule has 1 aromatic rings. The van der Waals surface area contributed by atoms with E-state index in [2.05, 4.69) is 10.0 Å². The van der Waals surface area contributed by atoms with E-state index in [4.69, 9.17) is 0 Å². The van der Waals surface area contributed by atoms with Gasteiger partial charge in [-0.1, -0.05) is 0 Å². The maximum absolute atomic E-state index is 12.6. The van der Waals surface area contributed by atoms with E-state index in [1.165, 1.54) is 0 Å². The number of benzene rings is 1. The van der Waals surface area contributed by atoms with Gasteiger partial charge in [0.15, 0.2) is 0 Å². The minimum atomic E-state index is -3.45. The molecule has 0 spiro atoms. The molecule has 0 atom stereocenters. The van der Waals surface area contributed by atoms with Crippen molar-refractivity contribution in [1.29, 1.82) is 0 Å². The van der Waals surface area contributed by atoms with Crippen LogP contribution in [0.5, 0.6) is 0 Å². The maximum atomic E-state index is 12.6. The van der Waals surface area contributed by atoms with E-state index in [-0.39, 0.29) is 4.75 Å². The molecular formula is C15H24N2O2S2. The van der Waals surface area contributed by atoms with Gasteiger partial charge in [-0.15, -0.1) is 0 Å². The number of thioether (sulfide) groups is 1. The van der Waals surface area contributed by atoms with Crippen molar-refractivity contribution in [3.8, 4) is 0 Å². The predicted octanol–water partition coefficient (Wildman–Crippen LogP) is 2.91. The van der Waals surface area contributed by atoms with Gasteiger partial charge in [0.25, 0.3) is 0 Å². The van der Waals surface area contributed by atoms with Gasteiger partial charge < -0.3 is 5.32 Å². The van der Waals surface area contributed by atoms with Crippen LogP contribution in [0.3, 0.4) is 0 Å². The molecule has 0 amide bonds. The lowest BCUT2D eigenvalue weighted by Crippen LogP contribution is -2.32. The Morgan fingerprint density at radius 1 is 1.24 bits per heavy atom. The summed E-state index contributed by atoms with van der Waals surface area (Å²) in [5, 5.41) is 3.22. The Labute approximate surface area is 132 Å². The van der Waals surface area contributed by atoms with Crippen LogP contribution in [-0.2, 0) is 10.0 Å². The highest BCUT2D eigenvalue weighted by molar-refractivity contribution is 8.00. The van der Waals surface area contributed by atoms with Gasteiger partial charge >= 0.3 is 0 Å². The zero-order valence-electron chi connectivity index (χ0n) is 13.1. The normalized spacial score (nSPS) is 16.8. The van der Waals surface area contributed by atoms with Gasteiger partial charge in [0.1, 0.15) is 0 Å². The molecule has 1 aromatic carbocycles. The third kappa shape index (κ3) is 3.73. The van der Waals surface area contributed by atoms with Gasteiger partial charge in [-0.05, 0) is 63.1 Å². The molecule has 6 heteroatoms. The zero-order chi connectivity index (χ0) is 15.7. The summed E-state index contributed by atoms with van der Waals surface area (Å²) in [6, 6.07) is 3.79. The molecule has 0 saturated heterocycles. The molecule has 0 aliphatic heterocycles. The molecule has 2 rings (SSSR count). The quantitative estimate of drug-likeness (QED) is 0.808. The van der Waals surface area contributed by atoms with Crippen molar-refractivity contribution < 1.29 is 8.42 Å². The number of rotatable bonds is 7. The number of anilines is 1. The summed E-state index contributed by atoms with van der Waals surface area (Å²) >= 11 is 1.75. The van der Waals surface area contributed by atoms with Gasteiger partial charge in [-0.2, -0.15) is 11.8 Å². The number of sulfonamides is 1. The van der Waals surface area contributed by atoms with Crippen molar-refractivity contribution in [3.05, 3.63) is 23.3 Å². The summed E-state index contributed by atoms with van der Waals surface area (Å²) in [6.45, 7) is 7.06. The van der Waals surface area contributed by atoms with Crippen LogP contribution < -0.4 is 10.0 Å². The summed E-state index contributed by atoms with van der Waals surface area (Å²) in [5.74, 6) is 0. The van der Waals surface area contributed by atoms with Crippen LogP contribution >= 0.6 is 11.8 Å². The first-order chi connectivity index (χ1) is 9.83. The van der Waals surface area contributed by atoms with Crippen LogP contribution in [0.15, 0.2) is 17.0 Å². The average molecular weight is 329 g/mol. The second kappa shape index (κ2) is 6.18. The second-order valence-electron chi connectivity index (χ2n) is 5.68. The van der Waals surface area contributed by atoms with E-state index in [0.29, 0.717) is 11.4 Å². The predicted molar refractivity (Wildman–Crippen MR) is 90.7 cm³/mol. The minimum absolute atomic E-state index is 0.124. The molecular weight excluding hydrogens is 304 g/mol. The third-order valence-electron chi connectivity index (χ3n) is 3.94. The summed E-state index contributed by atoms with van der Waals surface area (Å²) in [5.41, 5.74) is 2.54. The maximum Gasteiger partial charge on any atom is 0.241 e. The first kappa shape index (κ1) is 16.6. The van der Waals surface area contributed by atoms with E-state index >= 15 is 0 Å². The first-order valence-electron chi connectivity index (χ1n) is 7.23. The van der Waals surface area contributed by atoms with Gasteiger partial charge in [0, 0.05) is 23.5 Å². The molecule has 1 aliphatic carbocycles. The highest BCUT2D eigenvalue weighted by atomic mass is 32.2. The molecule has 1 fully saturated rings. The van der Waals surface area contributed by atoms with Crippen molar-refractivity contribution >= 4 is 27.5 Å². The molecule has 1 aliphatic rings. The van der Waals surface area contributed by atoms with Gasteiger partial charge in [0.05, 0.1) is 4.90 Å². The van der Waals surface area contributed by atoms with E-state index in [9.17, 15) is 8.42 Å². The Balaban J connectivity index is 2.23. The molecule has 1 saturated carbocycles. The van der Waals surface area contributed by atoms with Crippen molar-refractivity contribution in [1.82, 2.24) is 4.72 Å². The van der Waals surface area contributed by atoms with Crippen LogP contribution in [0.2, 0.25) is 0 Å². The topological polar surface area (TPSA) is 58.2 Å². The molecule has 4 nitrogen and oxygen atoms in total. The van der Waals surface area contributed by atoms with Crippen LogP contribution in [0.4, 0.5) is 5.69 Å². The van der Waals surface area contributed by atoms with Crippen LogP contribution in [0.1, 0.15) is 30.9 Å². The second-order valence-corrected chi connectivity index (χ2v) is 8.66. The Morgan fingerprint density at radius 2 is 1.81 bits per heavy atom. The molecule has 0 heterocycles. The summed E-state index contributed by atoms with van der Waals surface area (Å²) in [7, 11) is -3.45. The monoisotopic (exact) mass is 328 g/mol. The summed E-state index contributed by atoms with van der Waals surface area (Å²) in [6.07, 6.45) is 4.23. The molecule has 2 N–H and O–H groups in total. The lowest BCUT2D eigenvalue weighted by atomic mass is 10.1. The van der Waals surface area contributed by atoms with Gasteiger partial charge in [0.2, 0.25) is 10.0 Å². The van der Waals surface area contributed by atoms with E-state index in [0.717, 1.165) is 36.2 Å². The Morgan fingerprint density at radius 3 is 2.24 bits per heavy atom. The third-order valence-corrected chi connectivity index (χ3v) is 7.06. The van der Waals surface area contributed by atoms with E-state index < -0.39 is 10.0 Å². The van der Waals surface area contributed by atoms with Crippen LogP contribution in [0, 0.1) is 13.8 Å². The SMILES string of the molecule is CCNc1cc(C)c(S(=O)(=O)NCC2(SC)CC2)c(C)c1. The summed E-state index contributed by atoms with van der Waals surface area (Å²) in [4.78, 5) is 0.418. The number of hydrogen-bond donors (Lipinski definition) is 2. The Bertz CT molecular complexity index is 600. The molecule has 118 valence electrons. The lowest BCUT2D eigenvalue weighted by Gasteiger charge is -2.17. The fourth-order valence-electron chi connectivity index (χ4n) is 2.57. The molecule has 0 aromatic heterocycles. The zero-order valence-corrected chi connectivity index (χ0v) is 14.7. The number of aryl methyl sites for hydroxylation is 2. The lowest BCUT2D eigenvalue weighted by molar-refractivity contribution is 0.578. The average Bonchev–Trinajstić information content (AvgIpc) is 3.16. The summed E-state index contributed by atoms with van der Waals surface area (Å²) < 4.78 is 28.1. The van der Waals surface area contributed by atoms with Crippen LogP contribution in [-0.4, -0.2) is 32.5 Å². The Kier molecular flexibility index (Phi) is 4.90. The van der Waals surface area contributed by atoms with Crippen molar-refractivity contribution in [2.45, 2.75) is 43.3 Å². The fourth-order valence-corrected chi connectivity index (χ4v) is 4.97. The van der Waals surface area contributed by atoms with Gasteiger partial charge in [-0.25, -0.2) is 13.1 Å². The minimum Gasteiger partial charge on any atom is -0.385 e. The molecule has 21 heavy (non-hydrogen) atoms. The van der Waals surface area contributed by atoms with Crippen LogP contribution in [0.25, 0.3) is 0 Å². The number of hydrogen-bond acceptors (Lipinski definition) is 4. The number of nitrogens with one attached hydrogen (secondary N) is 2. The smallest absolute Gasteiger partial charge is 0.241 e. The van der Waals surface area contributed by atoms with E-state index in [1.807, 2.05) is 39.2 Å². The standard InChI is InChI=1S/C15H24N2O2S2/c1-5-16-13-8-11(2)14(12(3)9-13)21(18,19)17-10-15(20-4)6-7-15/h8-9,16-17H,5-7,10H2,1-4H3. The molecule has 0 bridgehead atoms. The first-order valence-corrected chi connectivity index (χ1v) is 9.94. The van der Waals surface area contributed by atoms with Crippen molar-refractivity contribution in [3.63, 3.8) is 0 Å². The van der Waals surface area contributed by atoms with Gasteiger partial charge in [-0.3, -0.25) is 0 Å². The molecule has 0 unspecified atom stereocenters. The van der Waals surface area contributed by atoms with E-state index in [1.54, 1.807) is 11.8 Å².